The number of carbonyl (C=O) groups is 2. The smallest absolute Gasteiger partial charge is 0.305 e. The molecule has 0 heterocycles. The fourth-order valence-corrected chi connectivity index (χ4v) is 4.87. The molecule has 3 N–H and O–H groups in total. The Morgan fingerprint density at radius 1 is 0.465 bits per heavy atom. The standard InChI is InChI=1S/C19H38O2.C16H32O2.C2H7N.BrH/c1-3-5-6-7-8-9-10-11-12-13-14-15-16-17-19(20)21-18-4-2;1-2-3-4-5-6-7-8-9-10-11-12-13-14-15-16(17)18;1-2-3;/h3-18H2,1-2H3;2-15H2,1H3,(H,17,18);2-3H2,1H3;1H. The third-order valence-corrected chi connectivity index (χ3v) is 7.45. The minimum atomic E-state index is -0.655. The molecule has 0 aromatic rings. The molecule has 0 aromatic heterocycles. The molecule has 0 aliphatic carbocycles. The average Bonchev–Trinajstić information content (AvgIpc) is 2.97. The molecule has 262 valence electrons. The Morgan fingerprint density at radius 2 is 0.721 bits per heavy atom. The van der Waals surface area contributed by atoms with Gasteiger partial charge < -0.3 is 15.6 Å². The van der Waals surface area contributed by atoms with E-state index in [2.05, 4.69) is 13.8 Å². The van der Waals surface area contributed by atoms with Gasteiger partial charge in [0.25, 0.3) is 0 Å². The van der Waals surface area contributed by atoms with Crippen LogP contribution in [0.3, 0.4) is 0 Å². The summed E-state index contributed by atoms with van der Waals surface area (Å²) in [4.78, 5) is 21.6. The van der Waals surface area contributed by atoms with Gasteiger partial charge in [-0.1, -0.05) is 182 Å². The number of carbonyl (C=O) groups excluding carboxylic acids is 1. The molecule has 5 nitrogen and oxygen atoms in total. The largest absolute Gasteiger partial charge is 0.481 e. The number of hydrogen-bond donors (Lipinski definition) is 2. The highest BCUT2D eigenvalue weighted by molar-refractivity contribution is 8.93. The van der Waals surface area contributed by atoms with Crippen molar-refractivity contribution < 1.29 is 19.4 Å². The second kappa shape index (κ2) is 48.3. The Bertz CT molecular complexity index is 505. The number of rotatable bonds is 30. The number of halogens is 1. The fourth-order valence-electron chi connectivity index (χ4n) is 4.87. The number of carboxylic acid groups (broad SMARTS) is 1. The molecule has 0 fully saturated rings. The molecule has 0 aliphatic heterocycles. The molecule has 0 radical (unpaired) electrons. The van der Waals surface area contributed by atoms with E-state index in [0.29, 0.717) is 19.4 Å². The normalized spacial score (nSPS) is 10.2. The monoisotopic (exact) mass is 680 g/mol. The van der Waals surface area contributed by atoms with Crippen LogP contribution in [-0.4, -0.2) is 30.2 Å². The molecule has 0 saturated carbocycles. The van der Waals surface area contributed by atoms with Gasteiger partial charge in [-0.3, -0.25) is 9.59 Å². The van der Waals surface area contributed by atoms with Gasteiger partial charge in [0, 0.05) is 12.8 Å². The molecule has 0 aliphatic rings. The molecule has 0 amide bonds. The van der Waals surface area contributed by atoms with Crippen LogP contribution in [0.25, 0.3) is 0 Å². The van der Waals surface area contributed by atoms with Crippen LogP contribution in [0.5, 0.6) is 0 Å². The SMILES string of the molecule is Br.CCCCCCCCCCCCCCCC(=O)O.CCCCCCCCCCCCCCCC(=O)OCCC.CCN. The van der Waals surface area contributed by atoms with E-state index in [9.17, 15) is 9.59 Å². The van der Waals surface area contributed by atoms with Gasteiger partial charge in [0.15, 0.2) is 0 Å². The van der Waals surface area contributed by atoms with E-state index in [1.54, 1.807) is 0 Å². The highest BCUT2D eigenvalue weighted by atomic mass is 79.9. The third kappa shape index (κ3) is 57.6. The quantitative estimate of drug-likeness (QED) is 0.0582. The van der Waals surface area contributed by atoms with Crippen LogP contribution in [-0.2, 0) is 14.3 Å². The highest BCUT2D eigenvalue weighted by Gasteiger charge is 2.01. The molecule has 0 rings (SSSR count). The first-order valence-corrected chi connectivity index (χ1v) is 18.6. The van der Waals surface area contributed by atoms with Crippen LogP contribution in [0.1, 0.15) is 214 Å². The zero-order valence-electron chi connectivity index (χ0n) is 29.6. The molecule has 43 heavy (non-hydrogen) atoms. The lowest BCUT2D eigenvalue weighted by Gasteiger charge is -2.04. The van der Waals surface area contributed by atoms with Gasteiger partial charge in [0.2, 0.25) is 0 Å². The van der Waals surface area contributed by atoms with Crippen molar-refractivity contribution >= 4 is 28.9 Å². The highest BCUT2D eigenvalue weighted by Crippen LogP contribution is 2.14. The van der Waals surface area contributed by atoms with E-state index < -0.39 is 5.97 Å². The van der Waals surface area contributed by atoms with Gasteiger partial charge in [-0.2, -0.15) is 0 Å². The molecule has 0 spiro atoms. The summed E-state index contributed by atoms with van der Waals surface area (Å²) in [5.41, 5.74) is 4.85. The van der Waals surface area contributed by atoms with Gasteiger partial charge in [0.05, 0.1) is 6.61 Å². The third-order valence-electron chi connectivity index (χ3n) is 7.45. The van der Waals surface area contributed by atoms with Crippen molar-refractivity contribution in [2.45, 2.75) is 214 Å². The number of carboxylic acids is 1. The lowest BCUT2D eigenvalue weighted by atomic mass is 10.0. The Labute approximate surface area is 280 Å². The van der Waals surface area contributed by atoms with E-state index in [4.69, 9.17) is 15.6 Å². The maximum absolute atomic E-state index is 11.3. The Morgan fingerprint density at radius 3 is 0.977 bits per heavy atom. The average molecular weight is 681 g/mol. The van der Waals surface area contributed by atoms with Gasteiger partial charge in [-0.05, 0) is 25.8 Å². The Kier molecular flexibility index (Phi) is 55.3. The fraction of sp³-hybridized carbons (Fsp3) is 0.946. The minimum absolute atomic E-state index is 0. The van der Waals surface area contributed by atoms with Gasteiger partial charge in [-0.15, -0.1) is 17.0 Å². The summed E-state index contributed by atoms with van der Waals surface area (Å²) in [5.74, 6) is -0.669. The van der Waals surface area contributed by atoms with Crippen molar-refractivity contribution in [2.24, 2.45) is 5.73 Å². The van der Waals surface area contributed by atoms with Crippen LogP contribution >= 0.6 is 17.0 Å². The Balaban J connectivity index is -0.000000320. The summed E-state index contributed by atoms with van der Waals surface area (Å²) in [5, 5.41) is 8.49. The van der Waals surface area contributed by atoms with Crippen molar-refractivity contribution in [1.82, 2.24) is 0 Å². The van der Waals surface area contributed by atoms with Crippen LogP contribution in [0.4, 0.5) is 0 Å². The maximum Gasteiger partial charge on any atom is 0.305 e. The van der Waals surface area contributed by atoms with Crippen LogP contribution < -0.4 is 5.73 Å². The first-order valence-electron chi connectivity index (χ1n) is 18.6. The number of nitrogens with two attached hydrogens (primary N) is 1. The van der Waals surface area contributed by atoms with Crippen molar-refractivity contribution in [1.29, 1.82) is 0 Å². The minimum Gasteiger partial charge on any atom is -0.481 e. The van der Waals surface area contributed by atoms with E-state index in [1.807, 2.05) is 13.8 Å². The van der Waals surface area contributed by atoms with Crippen LogP contribution in [0.15, 0.2) is 0 Å². The first kappa shape index (κ1) is 49.3. The van der Waals surface area contributed by atoms with Crippen molar-refractivity contribution in [2.75, 3.05) is 13.2 Å². The van der Waals surface area contributed by atoms with Crippen molar-refractivity contribution in [3.8, 4) is 0 Å². The molecular formula is C37H78BrNO4. The van der Waals surface area contributed by atoms with Crippen LogP contribution in [0, 0.1) is 0 Å². The summed E-state index contributed by atoms with van der Waals surface area (Å²) in [7, 11) is 0. The number of ether oxygens (including phenoxy) is 1. The van der Waals surface area contributed by atoms with Crippen LogP contribution in [0.2, 0.25) is 0 Å². The summed E-state index contributed by atoms with van der Waals surface area (Å²) in [6, 6.07) is 0. The second-order valence-electron chi connectivity index (χ2n) is 12.0. The van der Waals surface area contributed by atoms with E-state index in [0.717, 1.165) is 32.2 Å². The summed E-state index contributed by atoms with van der Waals surface area (Å²) in [6.07, 6.45) is 36.2. The molecule has 0 aromatic carbocycles. The van der Waals surface area contributed by atoms with Crippen molar-refractivity contribution in [3.63, 3.8) is 0 Å². The molecule has 0 atom stereocenters. The summed E-state index contributed by atoms with van der Waals surface area (Å²) in [6.45, 7) is 9.79. The van der Waals surface area contributed by atoms with Gasteiger partial charge in [0.1, 0.15) is 0 Å². The zero-order chi connectivity index (χ0) is 31.8. The lowest BCUT2D eigenvalue weighted by Crippen LogP contribution is -2.04. The molecule has 0 bridgehead atoms. The van der Waals surface area contributed by atoms with E-state index >= 15 is 0 Å². The number of hydrogen-bond acceptors (Lipinski definition) is 4. The van der Waals surface area contributed by atoms with E-state index in [1.165, 1.54) is 148 Å². The predicted octanol–water partition coefficient (Wildman–Crippen LogP) is 12.5. The molecular weight excluding hydrogens is 602 g/mol. The number of unbranched alkanes of at least 4 members (excludes halogenated alkanes) is 24. The lowest BCUT2D eigenvalue weighted by molar-refractivity contribution is -0.143. The predicted molar refractivity (Wildman–Crippen MR) is 195 cm³/mol. The van der Waals surface area contributed by atoms with E-state index in [-0.39, 0.29) is 23.0 Å². The summed E-state index contributed by atoms with van der Waals surface area (Å²) < 4.78 is 5.06. The first-order chi connectivity index (χ1) is 20.5. The van der Waals surface area contributed by atoms with Gasteiger partial charge in [-0.25, -0.2) is 0 Å². The molecule has 6 heteroatoms. The van der Waals surface area contributed by atoms with Crippen molar-refractivity contribution in [3.05, 3.63) is 0 Å². The Hall–Kier alpha value is -0.620. The molecule has 0 saturated heterocycles. The maximum atomic E-state index is 11.3. The number of aliphatic carboxylic acids is 1. The second-order valence-corrected chi connectivity index (χ2v) is 12.0. The molecule has 0 unspecified atom stereocenters. The topological polar surface area (TPSA) is 89.6 Å². The van der Waals surface area contributed by atoms with Gasteiger partial charge >= 0.3 is 11.9 Å². The zero-order valence-corrected chi connectivity index (χ0v) is 31.3. The number of esters is 1. The summed E-state index contributed by atoms with van der Waals surface area (Å²) >= 11 is 0.